The molecule has 4 N–H and O–H groups in total. The van der Waals surface area contributed by atoms with Gasteiger partial charge in [-0.05, 0) is 59.0 Å². The van der Waals surface area contributed by atoms with E-state index in [4.69, 9.17) is 20.6 Å². The van der Waals surface area contributed by atoms with Crippen molar-refractivity contribution in [2.75, 3.05) is 14.2 Å². The molecule has 2 atom stereocenters. The third kappa shape index (κ3) is 7.70. The Kier molecular flexibility index (Phi) is 9.67. The SMILES string of the molecule is COC(=O)[C@H](Cc1cccc(C(=N)N)c1)[C@@H](/C=C/c1ccccc1)NC(=O)c1ccc(-c2cccc(OC)c2)cc1. The fourth-order valence-corrected chi connectivity index (χ4v) is 4.54. The van der Waals surface area contributed by atoms with Gasteiger partial charge in [-0.15, -0.1) is 0 Å². The number of esters is 1. The van der Waals surface area contributed by atoms with Gasteiger partial charge in [-0.25, -0.2) is 0 Å². The van der Waals surface area contributed by atoms with E-state index in [1.54, 1.807) is 37.4 Å². The number of nitrogens with one attached hydrogen (secondary N) is 2. The highest BCUT2D eigenvalue weighted by Crippen LogP contribution is 2.24. The van der Waals surface area contributed by atoms with Crippen molar-refractivity contribution in [1.29, 1.82) is 5.41 Å². The zero-order valence-electron chi connectivity index (χ0n) is 23.0. The number of methoxy groups -OCH3 is 2. The number of amides is 1. The molecule has 0 aliphatic heterocycles. The zero-order valence-corrected chi connectivity index (χ0v) is 23.0. The number of nitrogen functional groups attached to an aromatic ring is 1. The van der Waals surface area contributed by atoms with Gasteiger partial charge >= 0.3 is 5.97 Å². The van der Waals surface area contributed by atoms with E-state index in [9.17, 15) is 9.59 Å². The first-order valence-electron chi connectivity index (χ1n) is 13.2. The number of nitrogens with two attached hydrogens (primary N) is 1. The lowest BCUT2D eigenvalue weighted by molar-refractivity contribution is -0.145. The maximum atomic E-state index is 13.5. The Balaban J connectivity index is 1.62. The highest BCUT2D eigenvalue weighted by atomic mass is 16.5. The summed E-state index contributed by atoms with van der Waals surface area (Å²) in [7, 11) is 2.95. The molecular formula is C34H33N3O4. The molecule has 0 aliphatic carbocycles. The van der Waals surface area contributed by atoms with Crippen LogP contribution in [0.3, 0.4) is 0 Å². The van der Waals surface area contributed by atoms with Crippen molar-refractivity contribution in [3.05, 3.63) is 131 Å². The van der Waals surface area contributed by atoms with Crippen molar-refractivity contribution in [2.45, 2.75) is 12.5 Å². The monoisotopic (exact) mass is 547 g/mol. The summed E-state index contributed by atoms with van der Waals surface area (Å²) in [6.07, 6.45) is 3.96. The molecule has 0 spiro atoms. The van der Waals surface area contributed by atoms with Crippen LogP contribution in [0.2, 0.25) is 0 Å². The number of carbonyl (C=O) groups excluding carboxylic acids is 2. The Morgan fingerprint density at radius 1 is 0.854 bits per heavy atom. The van der Waals surface area contributed by atoms with Crippen molar-refractivity contribution in [3.63, 3.8) is 0 Å². The number of amidine groups is 1. The Labute approximate surface area is 240 Å². The molecule has 0 radical (unpaired) electrons. The molecule has 7 nitrogen and oxygen atoms in total. The Hall–Kier alpha value is -5.17. The fourth-order valence-electron chi connectivity index (χ4n) is 4.54. The number of benzene rings is 4. The second kappa shape index (κ2) is 13.8. The fraction of sp³-hybridized carbons (Fsp3) is 0.147. The van der Waals surface area contributed by atoms with Gasteiger partial charge in [0, 0.05) is 11.1 Å². The zero-order chi connectivity index (χ0) is 29.2. The van der Waals surface area contributed by atoms with Crippen LogP contribution in [0.15, 0.2) is 109 Å². The number of rotatable bonds is 11. The molecule has 1 amide bonds. The quantitative estimate of drug-likeness (QED) is 0.131. The summed E-state index contributed by atoms with van der Waals surface area (Å²) in [5.41, 5.74) is 10.3. The van der Waals surface area contributed by atoms with Gasteiger partial charge in [0.05, 0.1) is 26.2 Å². The van der Waals surface area contributed by atoms with Crippen LogP contribution >= 0.6 is 0 Å². The van der Waals surface area contributed by atoms with Gasteiger partial charge in [0.2, 0.25) is 0 Å². The minimum atomic E-state index is -0.734. The van der Waals surface area contributed by atoms with Crippen molar-refractivity contribution in [1.82, 2.24) is 5.32 Å². The van der Waals surface area contributed by atoms with E-state index in [1.807, 2.05) is 84.9 Å². The number of hydrogen-bond acceptors (Lipinski definition) is 5. The van der Waals surface area contributed by atoms with Crippen LogP contribution in [-0.4, -0.2) is 38.0 Å². The predicted octanol–water partition coefficient (Wildman–Crippen LogP) is 5.49. The first-order chi connectivity index (χ1) is 19.9. The van der Waals surface area contributed by atoms with E-state index < -0.39 is 17.9 Å². The van der Waals surface area contributed by atoms with Crippen LogP contribution in [0, 0.1) is 11.3 Å². The van der Waals surface area contributed by atoms with Gasteiger partial charge in [-0.1, -0.05) is 84.9 Å². The standard InChI is InChI=1S/C34H33N3O4/c1-40-29-13-7-11-27(22-29)25-15-17-26(18-16-25)33(38)37-31(19-14-23-8-4-3-5-9-23)30(34(39)41-2)21-24-10-6-12-28(20-24)32(35)36/h3-20,22,30-31H,21H2,1-2H3,(H3,35,36)(H,37,38)/b19-14+/t30-,31-/m1/s1. The van der Waals surface area contributed by atoms with Gasteiger partial charge in [-0.2, -0.15) is 0 Å². The molecule has 41 heavy (non-hydrogen) atoms. The van der Waals surface area contributed by atoms with Gasteiger partial charge in [0.1, 0.15) is 11.6 Å². The predicted molar refractivity (Wildman–Crippen MR) is 162 cm³/mol. The van der Waals surface area contributed by atoms with Crippen LogP contribution in [0.1, 0.15) is 27.0 Å². The minimum Gasteiger partial charge on any atom is -0.497 e. The minimum absolute atomic E-state index is 0.0623. The number of ether oxygens (including phenoxy) is 2. The highest BCUT2D eigenvalue weighted by Gasteiger charge is 2.30. The first kappa shape index (κ1) is 28.8. The van der Waals surface area contributed by atoms with Gasteiger partial charge in [0.15, 0.2) is 0 Å². The van der Waals surface area contributed by atoms with Crippen LogP contribution in [0.5, 0.6) is 5.75 Å². The summed E-state index contributed by atoms with van der Waals surface area (Å²) in [5, 5.41) is 10.8. The molecule has 0 saturated carbocycles. The number of carbonyl (C=O) groups is 2. The molecule has 0 saturated heterocycles. The summed E-state index contributed by atoms with van der Waals surface area (Å²) in [6, 6.07) is 31.1. The van der Waals surface area contributed by atoms with Gasteiger partial charge in [0.25, 0.3) is 5.91 Å². The summed E-state index contributed by atoms with van der Waals surface area (Å²) >= 11 is 0. The average molecular weight is 548 g/mol. The summed E-state index contributed by atoms with van der Waals surface area (Å²) in [5.74, 6) is -0.833. The van der Waals surface area contributed by atoms with Gasteiger partial charge in [-0.3, -0.25) is 15.0 Å². The van der Waals surface area contributed by atoms with Crippen LogP contribution < -0.4 is 15.8 Å². The van der Waals surface area contributed by atoms with E-state index in [0.29, 0.717) is 11.1 Å². The van der Waals surface area contributed by atoms with Crippen molar-refractivity contribution >= 4 is 23.8 Å². The topological polar surface area (TPSA) is 115 Å². The van der Waals surface area contributed by atoms with E-state index in [-0.39, 0.29) is 18.2 Å². The molecular weight excluding hydrogens is 514 g/mol. The third-order valence-corrected chi connectivity index (χ3v) is 6.77. The second-order valence-electron chi connectivity index (χ2n) is 9.53. The summed E-state index contributed by atoms with van der Waals surface area (Å²) in [4.78, 5) is 26.5. The van der Waals surface area contributed by atoms with E-state index in [1.165, 1.54) is 7.11 Å². The molecule has 4 rings (SSSR count). The molecule has 208 valence electrons. The van der Waals surface area contributed by atoms with Crippen molar-refractivity contribution < 1.29 is 19.1 Å². The molecule has 0 aromatic heterocycles. The lowest BCUT2D eigenvalue weighted by Gasteiger charge is -2.24. The Morgan fingerprint density at radius 3 is 2.27 bits per heavy atom. The molecule has 7 heteroatoms. The maximum absolute atomic E-state index is 13.5. The first-order valence-corrected chi connectivity index (χ1v) is 13.2. The van der Waals surface area contributed by atoms with Crippen molar-refractivity contribution in [3.8, 4) is 16.9 Å². The smallest absolute Gasteiger partial charge is 0.311 e. The lowest BCUT2D eigenvalue weighted by Crippen LogP contribution is -2.43. The molecule has 0 fully saturated rings. The van der Waals surface area contributed by atoms with E-state index >= 15 is 0 Å². The molecule has 0 heterocycles. The molecule has 0 bridgehead atoms. The lowest BCUT2D eigenvalue weighted by atomic mass is 9.90. The molecule has 4 aromatic carbocycles. The van der Waals surface area contributed by atoms with Crippen LogP contribution in [0.25, 0.3) is 17.2 Å². The van der Waals surface area contributed by atoms with E-state index in [2.05, 4.69) is 5.32 Å². The van der Waals surface area contributed by atoms with Gasteiger partial charge < -0.3 is 20.5 Å². The largest absolute Gasteiger partial charge is 0.497 e. The molecule has 0 unspecified atom stereocenters. The Morgan fingerprint density at radius 2 is 1.59 bits per heavy atom. The Bertz CT molecular complexity index is 1530. The third-order valence-electron chi connectivity index (χ3n) is 6.77. The van der Waals surface area contributed by atoms with E-state index in [0.717, 1.165) is 28.0 Å². The summed E-state index contributed by atoms with van der Waals surface area (Å²) in [6.45, 7) is 0. The second-order valence-corrected chi connectivity index (χ2v) is 9.53. The number of hydrogen-bond donors (Lipinski definition) is 3. The van der Waals surface area contributed by atoms with Crippen molar-refractivity contribution in [2.24, 2.45) is 11.7 Å². The van der Waals surface area contributed by atoms with Crippen LogP contribution in [0.4, 0.5) is 0 Å². The normalized spacial score (nSPS) is 12.3. The highest BCUT2D eigenvalue weighted by molar-refractivity contribution is 5.96. The van der Waals surface area contributed by atoms with Crippen LogP contribution in [-0.2, 0) is 16.0 Å². The molecule has 0 aliphatic rings. The summed E-state index contributed by atoms with van der Waals surface area (Å²) < 4.78 is 10.5. The average Bonchev–Trinajstić information content (AvgIpc) is 3.02. The maximum Gasteiger partial charge on any atom is 0.311 e. The molecule has 4 aromatic rings.